The van der Waals surface area contributed by atoms with E-state index in [4.69, 9.17) is 15.5 Å². The molecule has 0 bridgehead atoms. The van der Waals surface area contributed by atoms with Crippen LogP contribution >= 0.6 is 0 Å². The minimum atomic E-state index is -0.342. The molecule has 170 valence electrons. The fraction of sp³-hybridized carbons (Fsp3) is 0.292. The smallest absolute Gasteiger partial charge is 0.225 e. The number of nitrogens with one attached hydrogen (secondary N) is 1. The molecule has 0 atom stereocenters. The van der Waals surface area contributed by atoms with Crippen LogP contribution in [0, 0.1) is 12.7 Å². The number of nitrogens with zero attached hydrogens (tertiary/aromatic N) is 5. The largest absolute Gasteiger partial charge is 0.383 e. The molecule has 33 heavy (non-hydrogen) atoms. The monoisotopic (exact) mass is 447 g/mol. The van der Waals surface area contributed by atoms with Crippen LogP contribution in [0.15, 0.2) is 48.5 Å². The summed E-state index contributed by atoms with van der Waals surface area (Å²) in [6, 6.07) is 14.2. The Kier molecular flexibility index (Phi) is 5.89. The number of benzene rings is 2. The van der Waals surface area contributed by atoms with Gasteiger partial charge in [-0.1, -0.05) is 24.3 Å². The first-order valence-corrected chi connectivity index (χ1v) is 11.0. The maximum absolute atomic E-state index is 14.1. The number of nitrogen functional groups attached to an aromatic ring is 1. The highest BCUT2D eigenvalue weighted by atomic mass is 19.1. The van der Waals surface area contributed by atoms with Crippen LogP contribution in [0.25, 0.3) is 28.0 Å². The van der Waals surface area contributed by atoms with E-state index in [1.54, 1.807) is 10.7 Å². The fourth-order valence-corrected chi connectivity index (χ4v) is 4.04. The minimum Gasteiger partial charge on any atom is -0.383 e. The minimum absolute atomic E-state index is 0.342. The Bertz CT molecular complexity index is 1280. The summed E-state index contributed by atoms with van der Waals surface area (Å²) in [4.78, 5) is 11.7. The van der Waals surface area contributed by atoms with E-state index in [9.17, 15) is 4.39 Å². The lowest BCUT2D eigenvalue weighted by Crippen LogP contribution is -2.39. The first-order valence-electron chi connectivity index (χ1n) is 11.0. The van der Waals surface area contributed by atoms with Gasteiger partial charge in [-0.15, -0.1) is 5.10 Å². The van der Waals surface area contributed by atoms with E-state index in [1.807, 2.05) is 37.3 Å². The molecule has 0 spiro atoms. The van der Waals surface area contributed by atoms with Crippen LogP contribution in [0.1, 0.15) is 5.56 Å². The number of rotatable bonds is 6. The van der Waals surface area contributed by atoms with Crippen molar-refractivity contribution in [3.63, 3.8) is 0 Å². The normalized spacial score (nSPS) is 14.6. The molecule has 0 unspecified atom stereocenters. The van der Waals surface area contributed by atoms with E-state index in [-0.39, 0.29) is 5.82 Å². The number of anilines is 2. The second kappa shape index (κ2) is 9.13. The van der Waals surface area contributed by atoms with Gasteiger partial charge in [-0.2, -0.15) is 4.98 Å². The third-order valence-corrected chi connectivity index (χ3v) is 5.73. The molecule has 2 aromatic heterocycles. The summed E-state index contributed by atoms with van der Waals surface area (Å²) in [6.07, 6.45) is 0. The predicted molar refractivity (Wildman–Crippen MR) is 127 cm³/mol. The van der Waals surface area contributed by atoms with Crippen molar-refractivity contribution < 1.29 is 9.13 Å². The highest BCUT2D eigenvalue weighted by Gasteiger charge is 2.20. The molecule has 1 aliphatic rings. The Morgan fingerprint density at radius 1 is 1.09 bits per heavy atom. The molecule has 1 saturated heterocycles. The first-order chi connectivity index (χ1) is 16.1. The quantitative estimate of drug-likeness (QED) is 0.469. The highest BCUT2D eigenvalue weighted by Crippen LogP contribution is 2.33. The third-order valence-electron chi connectivity index (χ3n) is 5.73. The van der Waals surface area contributed by atoms with Gasteiger partial charge < -0.3 is 15.8 Å². The van der Waals surface area contributed by atoms with Gasteiger partial charge in [-0.3, -0.25) is 4.90 Å². The van der Waals surface area contributed by atoms with E-state index < -0.39 is 0 Å². The SMILES string of the molecule is Cc1cccc(-n2nc3nc(NCCN4CCOCC4)nc(-c4cccc(F)c4)c3c2N)c1. The van der Waals surface area contributed by atoms with Gasteiger partial charge in [0.1, 0.15) is 11.6 Å². The van der Waals surface area contributed by atoms with Crippen LogP contribution in [0.2, 0.25) is 0 Å². The van der Waals surface area contributed by atoms with Gasteiger partial charge in [0.05, 0.1) is 30.0 Å². The summed E-state index contributed by atoms with van der Waals surface area (Å²) < 4.78 is 21.1. The van der Waals surface area contributed by atoms with Gasteiger partial charge in [0.25, 0.3) is 0 Å². The maximum Gasteiger partial charge on any atom is 0.225 e. The first kappa shape index (κ1) is 21.3. The number of hydrogen-bond donors (Lipinski definition) is 2. The topological polar surface area (TPSA) is 94.1 Å². The molecule has 3 N–H and O–H groups in total. The van der Waals surface area contributed by atoms with Gasteiger partial charge in [0.2, 0.25) is 5.95 Å². The highest BCUT2D eigenvalue weighted by molar-refractivity contribution is 5.99. The van der Waals surface area contributed by atoms with Crippen LogP contribution in [0.3, 0.4) is 0 Å². The van der Waals surface area contributed by atoms with Crippen LogP contribution in [-0.2, 0) is 4.74 Å². The molecular weight excluding hydrogens is 421 g/mol. The Labute approximate surface area is 191 Å². The lowest BCUT2D eigenvalue weighted by molar-refractivity contribution is 0.0398. The number of aromatic nitrogens is 4. The molecular formula is C24H26FN7O. The van der Waals surface area contributed by atoms with Gasteiger partial charge in [-0.05, 0) is 36.8 Å². The number of halogens is 1. The van der Waals surface area contributed by atoms with E-state index >= 15 is 0 Å². The molecule has 1 fully saturated rings. The average molecular weight is 448 g/mol. The van der Waals surface area contributed by atoms with Crippen LogP contribution in [-0.4, -0.2) is 64.0 Å². The molecule has 3 heterocycles. The third kappa shape index (κ3) is 4.50. The lowest BCUT2D eigenvalue weighted by Gasteiger charge is -2.26. The van der Waals surface area contributed by atoms with Crippen molar-refractivity contribution in [2.75, 3.05) is 50.4 Å². The van der Waals surface area contributed by atoms with Crippen molar-refractivity contribution in [3.05, 3.63) is 59.9 Å². The molecule has 5 rings (SSSR count). The summed E-state index contributed by atoms with van der Waals surface area (Å²) in [5.74, 6) is 0.504. The van der Waals surface area contributed by atoms with Crippen molar-refractivity contribution in [2.24, 2.45) is 0 Å². The Hall–Kier alpha value is -3.56. The van der Waals surface area contributed by atoms with Crippen molar-refractivity contribution in [3.8, 4) is 16.9 Å². The molecule has 0 amide bonds. The zero-order chi connectivity index (χ0) is 22.8. The van der Waals surface area contributed by atoms with Crippen LogP contribution in [0.4, 0.5) is 16.2 Å². The molecule has 1 aliphatic heterocycles. The fourth-order valence-electron chi connectivity index (χ4n) is 4.04. The Balaban J connectivity index is 1.55. The number of aryl methyl sites for hydroxylation is 1. The van der Waals surface area contributed by atoms with E-state index in [1.165, 1.54) is 12.1 Å². The number of ether oxygens (including phenoxy) is 1. The Morgan fingerprint density at radius 2 is 1.91 bits per heavy atom. The average Bonchev–Trinajstić information content (AvgIpc) is 3.16. The van der Waals surface area contributed by atoms with Crippen molar-refractivity contribution in [1.82, 2.24) is 24.6 Å². The van der Waals surface area contributed by atoms with E-state index in [0.29, 0.717) is 40.6 Å². The van der Waals surface area contributed by atoms with E-state index in [2.05, 4.69) is 20.3 Å². The number of fused-ring (bicyclic) bond motifs is 1. The summed E-state index contributed by atoms with van der Waals surface area (Å²) in [5.41, 5.74) is 10.1. The van der Waals surface area contributed by atoms with Crippen LogP contribution in [0.5, 0.6) is 0 Å². The number of nitrogens with two attached hydrogens (primary N) is 1. The summed E-state index contributed by atoms with van der Waals surface area (Å²) in [5, 5.41) is 8.57. The van der Waals surface area contributed by atoms with Crippen molar-refractivity contribution >= 4 is 22.8 Å². The lowest BCUT2D eigenvalue weighted by atomic mass is 10.1. The molecule has 9 heteroatoms. The summed E-state index contributed by atoms with van der Waals surface area (Å²) in [7, 11) is 0. The second-order valence-electron chi connectivity index (χ2n) is 8.12. The predicted octanol–water partition coefficient (Wildman–Crippen LogP) is 3.26. The van der Waals surface area contributed by atoms with Gasteiger partial charge in [0.15, 0.2) is 5.65 Å². The van der Waals surface area contributed by atoms with Gasteiger partial charge in [-0.25, -0.2) is 14.1 Å². The maximum atomic E-state index is 14.1. The number of morpholine rings is 1. The summed E-state index contributed by atoms with van der Waals surface area (Å²) in [6.45, 7) is 6.85. The molecule has 2 aromatic carbocycles. The zero-order valence-electron chi connectivity index (χ0n) is 18.5. The summed E-state index contributed by atoms with van der Waals surface area (Å²) >= 11 is 0. The second-order valence-corrected chi connectivity index (χ2v) is 8.12. The molecule has 0 radical (unpaired) electrons. The van der Waals surface area contributed by atoms with E-state index in [0.717, 1.165) is 44.1 Å². The molecule has 0 saturated carbocycles. The van der Waals surface area contributed by atoms with Crippen molar-refractivity contribution in [1.29, 1.82) is 0 Å². The molecule has 8 nitrogen and oxygen atoms in total. The zero-order valence-corrected chi connectivity index (χ0v) is 18.5. The standard InChI is InChI=1S/C24H26FN7O/c1-16-4-2-7-19(14-16)32-22(26)20-21(17-5-3-6-18(25)15-17)28-24(29-23(20)30-32)27-8-9-31-10-12-33-13-11-31/h2-7,14-15H,8-13,26H2,1H3,(H,27,29,30). The van der Waals surface area contributed by atoms with Crippen LogP contribution < -0.4 is 11.1 Å². The van der Waals surface area contributed by atoms with Gasteiger partial charge >= 0.3 is 0 Å². The molecule has 0 aliphatic carbocycles. The number of hydrogen-bond acceptors (Lipinski definition) is 7. The van der Waals surface area contributed by atoms with Gasteiger partial charge in [0, 0.05) is 31.7 Å². The molecule has 4 aromatic rings. The Morgan fingerprint density at radius 3 is 2.70 bits per heavy atom. The van der Waals surface area contributed by atoms with Crippen molar-refractivity contribution in [2.45, 2.75) is 6.92 Å².